The molecule has 0 spiro atoms. The number of allylic oxidation sites excluding steroid dienone is 13. The smallest absolute Gasteiger partial charge is 0.344 e. The summed E-state index contributed by atoms with van der Waals surface area (Å²) in [7, 11) is 0.989. The lowest BCUT2D eigenvalue weighted by Gasteiger charge is -2.40. The third-order valence-corrected chi connectivity index (χ3v) is 35.8. The van der Waals surface area contributed by atoms with Gasteiger partial charge in [0.25, 0.3) is 11.8 Å². The van der Waals surface area contributed by atoms with Crippen LogP contribution in [0.2, 0.25) is 0 Å². The Morgan fingerprint density at radius 2 is 0.706 bits per heavy atom. The van der Waals surface area contributed by atoms with Crippen LogP contribution >= 0.6 is 0 Å². The molecule has 0 heterocycles. The molecule has 0 N–H and O–H groups in total. The summed E-state index contributed by atoms with van der Waals surface area (Å²) in [4.78, 5) is 0. The molecule has 18 heteroatoms. The topological polar surface area (TPSA) is 9.23 Å². The van der Waals surface area contributed by atoms with Crippen LogP contribution in [0.15, 0.2) is 85.1 Å². The van der Waals surface area contributed by atoms with Crippen LogP contribution in [0.1, 0.15) is 116 Å². The first kappa shape index (κ1) is 68.2. The highest BCUT2D eigenvalue weighted by atomic mass is 19.4. The molecule has 0 aromatic carbocycles. The van der Waals surface area contributed by atoms with Gasteiger partial charge in [-0.05, 0) is 322 Å². The number of hydrogen-bond donors (Lipinski definition) is 0. The highest BCUT2D eigenvalue weighted by molar-refractivity contribution is 5.28. The zero-order chi connectivity index (χ0) is 70.4. The molecular formula is C84H99F17O. The van der Waals surface area contributed by atoms with Crippen molar-refractivity contribution in [2.45, 2.75) is 170 Å². The van der Waals surface area contributed by atoms with Crippen LogP contribution in [-0.2, 0) is 4.74 Å². The molecule has 0 saturated heterocycles. The number of alkyl halides is 17. The molecule has 0 amide bonds. The van der Waals surface area contributed by atoms with Gasteiger partial charge >= 0.3 is 24.2 Å². The predicted molar refractivity (Wildman–Crippen MR) is 349 cm³/mol. The number of fused-ring (bicyclic) bond motifs is 56. The Morgan fingerprint density at radius 1 is 0.343 bits per heavy atom. The molecule has 1 nitrogen and oxygen atoms in total. The normalized spacial score (nSPS) is 59.0. The van der Waals surface area contributed by atoms with Crippen LogP contribution in [0.5, 0.6) is 0 Å². The lowest BCUT2D eigenvalue weighted by Crippen LogP contribution is -2.48. The minimum atomic E-state index is -5.40. The third kappa shape index (κ3) is 9.54. The van der Waals surface area contributed by atoms with Crippen molar-refractivity contribution in [1.29, 1.82) is 0 Å². The summed E-state index contributed by atoms with van der Waals surface area (Å²) >= 11 is 0. The van der Waals surface area contributed by atoms with Gasteiger partial charge < -0.3 is 4.74 Å². The predicted octanol–water partition coefficient (Wildman–Crippen LogP) is 21.8. The molecule has 45 atom stereocenters. The van der Waals surface area contributed by atoms with Crippen LogP contribution < -0.4 is 0 Å². The number of methoxy groups -OCH3 is 1. The van der Waals surface area contributed by atoms with Crippen molar-refractivity contribution in [3.63, 3.8) is 0 Å². The standard InChI is InChI=1S/C14H15F5.C13H15F3.C13H17F.2C12H14F2.C12H15F.C8H9F3O/c15-13(16,14(17,18)19)10-5-8-4-9(10)12-7-2-1-6(3-7)11(8)12;14-13(15,16)10-5-8-4-9(10)12-7-2-1-6(3-7)11(8)12;14-6-10-4-9-5-11(10)13-8-2-1-7(3-8)12(9)13;13-12(14)5-8-4-9(12)11-7-2-1-6(3-7)10(8)11;13-11-7-4-8(12(11)14)10-6-2-1-5(3-6)9(7)10;13-10-5-8-4-9(10)12-7-2-1-6(3-7)11(8)12;1-12-8(11)6-3-2-5(4-6)7(8,9)10/h1-2,6-12H,3-5H2;1-2,6-12H,3-5H2;1-2,7-13H,3-6H2;1-2,6-11H,3-5H2;1-2,5-12H,3-4H2;1-2,6-12H,3-5H2;2-3,5-6H,4H2,1H3. The SMILES string of the molecule is COC1(F)C2C=CC(C2)C1(F)F.FC(F)(F)C(F)(F)C1CC2CC1C1C3C=CC(C3)C21.FC(F)(F)C1CC2CC1C1C3C=CC(C3)C21.FC1(F)CC2CC1C1C3C=CC(C3)C21.FC1C(F)C2CC1C1C3C=CC(C3)C21.FC1CC2CC1C1C3C=CC(C3)C21.FCC1CC2CC1C1C3C=CC(C3)C21. The second kappa shape index (κ2) is 23.3. The van der Waals surface area contributed by atoms with Gasteiger partial charge in [0.2, 0.25) is 0 Å². The van der Waals surface area contributed by atoms with Crippen LogP contribution in [0.3, 0.4) is 0 Å². The maximum Gasteiger partial charge on any atom is 0.453 e. The Balaban J connectivity index is 0.0000000801. The van der Waals surface area contributed by atoms with E-state index in [1.54, 1.807) is 0 Å². The second-order valence-electron chi connectivity index (χ2n) is 38.8. The van der Waals surface area contributed by atoms with E-state index in [9.17, 15) is 74.6 Å². The summed E-state index contributed by atoms with van der Waals surface area (Å²) in [5, 5.41) is 0. The summed E-state index contributed by atoms with van der Waals surface area (Å²) in [6.45, 7) is -0.0501. The molecule has 26 rings (SSSR count). The number of halogens is 17. The van der Waals surface area contributed by atoms with Gasteiger partial charge in [-0.1, -0.05) is 85.1 Å². The fourth-order valence-corrected chi connectivity index (χ4v) is 33.2. The molecule has 0 aromatic rings. The lowest BCUT2D eigenvalue weighted by atomic mass is 9.68. The zero-order valence-electron chi connectivity index (χ0n) is 57.8. The van der Waals surface area contributed by atoms with E-state index < -0.39 is 84.1 Å². The molecule has 560 valence electrons. The van der Waals surface area contributed by atoms with Crippen molar-refractivity contribution in [3.05, 3.63) is 85.1 Å². The molecule has 19 saturated carbocycles. The van der Waals surface area contributed by atoms with E-state index >= 15 is 0 Å². The van der Waals surface area contributed by atoms with Crippen LogP contribution in [0.25, 0.3) is 0 Å². The summed E-state index contributed by atoms with van der Waals surface area (Å²) in [5.74, 6) is 0.759. The fourth-order valence-electron chi connectivity index (χ4n) is 33.2. The molecule has 0 aliphatic heterocycles. The number of rotatable bonds is 3. The highest BCUT2D eigenvalue weighted by Gasteiger charge is 2.75. The molecular weight excluding hydrogens is 1350 g/mol. The fraction of sp³-hybridized carbons (Fsp3) is 0.833. The molecule has 0 aromatic heterocycles. The second-order valence-corrected chi connectivity index (χ2v) is 38.8. The van der Waals surface area contributed by atoms with Crippen molar-refractivity contribution < 1.29 is 79.4 Å². The van der Waals surface area contributed by atoms with Gasteiger partial charge in [-0.15, -0.1) is 0 Å². The Kier molecular flexibility index (Phi) is 15.6. The van der Waals surface area contributed by atoms with Crippen molar-refractivity contribution in [2.75, 3.05) is 13.8 Å². The lowest BCUT2D eigenvalue weighted by molar-refractivity contribution is -0.310. The summed E-state index contributed by atoms with van der Waals surface area (Å²) in [6, 6.07) is 0. The van der Waals surface area contributed by atoms with Crippen molar-refractivity contribution >= 4 is 0 Å². The molecule has 26 aliphatic carbocycles. The van der Waals surface area contributed by atoms with Gasteiger partial charge in [-0.2, -0.15) is 43.9 Å². The van der Waals surface area contributed by atoms with E-state index in [0.29, 0.717) is 119 Å². The molecule has 45 unspecified atom stereocenters. The van der Waals surface area contributed by atoms with Gasteiger partial charge in [0.05, 0.1) is 12.6 Å². The first-order valence-corrected chi connectivity index (χ1v) is 40.3. The third-order valence-electron chi connectivity index (χ3n) is 35.8. The van der Waals surface area contributed by atoms with E-state index in [0.717, 1.165) is 111 Å². The van der Waals surface area contributed by atoms with Crippen molar-refractivity contribution in [1.82, 2.24) is 0 Å². The maximum absolute atomic E-state index is 13.6. The van der Waals surface area contributed by atoms with Crippen molar-refractivity contribution in [3.8, 4) is 0 Å². The van der Waals surface area contributed by atoms with E-state index in [-0.39, 0.29) is 67.4 Å². The van der Waals surface area contributed by atoms with Gasteiger partial charge in [0, 0.05) is 37.2 Å². The minimum absolute atomic E-state index is 0.0463. The first-order chi connectivity index (χ1) is 48.5. The minimum Gasteiger partial charge on any atom is -0.344 e. The first-order valence-electron chi connectivity index (χ1n) is 40.3. The van der Waals surface area contributed by atoms with Crippen LogP contribution in [0.4, 0.5) is 74.6 Å². The van der Waals surface area contributed by atoms with Crippen molar-refractivity contribution in [2.24, 2.45) is 243 Å². The number of hydrogen-bond acceptors (Lipinski definition) is 1. The molecule has 102 heavy (non-hydrogen) atoms. The van der Waals surface area contributed by atoms with E-state index in [1.165, 1.54) is 57.1 Å². The Bertz CT molecular complexity index is 3460. The average molecular weight is 1450 g/mol. The Morgan fingerprint density at radius 3 is 1.13 bits per heavy atom. The van der Waals surface area contributed by atoms with Gasteiger partial charge in [-0.3, -0.25) is 4.39 Å². The average Bonchev–Trinajstić information content (AvgIpc) is 1.54. The zero-order valence-corrected chi connectivity index (χ0v) is 57.8. The van der Waals surface area contributed by atoms with E-state index in [2.05, 4.69) is 77.6 Å². The monoisotopic (exact) mass is 1450 g/mol. The van der Waals surface area contributed by atoms with Gasteiger partial charge in [-0.25, -0.2) is 26.3 Å². The number of ether oxygens (including phenoxy) is 1. The largest absolute Gasteiger partial charge is 0.453 e. The quantitative estimate of drug-likeness (QED) is 0.155. The molecule has 26 bridgehead atoms. The Labute approximate surface area is 588 Å². The maximum atomic E-state index is 13.6. The summed E-state index contributed by atoms with van der Waals surface area (Å²) < 4.78 is 228. The van der Waals surface area contributed by atoms with Crippen LogP contribution in [-0.4, -0.2) is 68.3 Å². The molecule has 26 aliphatic rings. The van der Waals surface area contributed by atoms with Gasteiger partial charge in [0.15, 0.2) is 0 Å². The van der Waals surface area contributed by atoms with E-state index in [1.807, 2.05) is 0 Å². The Hall–Kier alpha value is -3.05. The van der Waals surface area contributed by atoms with Gasteiger partial charge in [0.1, 0.15) is 18.5 Å². The molecule has 19 fully saturated rings. The summed E-state index contributed by atoms with van der Waals surface area (Å²) in [6.07, 6.45) is 34.0. The van der Waals surface area contributed by atoms with Crippen LogP contribution in [0, 0.1) is 243 Å². The molecule has 0 radical (unpaired) electrons. The highest BCUT2D eigenvalue weighted by Crippen LogP contribution is 2.75. The van der Waals surface area contributed by atoms with E-state index in [4.69, 9.17) is 0 Å². The summed E-state index contributed by atoms with van der Waals surface area (Å²) in [5.41, 5.74) is 0.